The van der Waals surface area contributed by atoms with E-state index in [1.54, 1.807) is 0 Å². The fraction of sp³-hybridized carbons (Fsp3) is 0. The fourth-order valence-electron chi connectivity index (χ4n) is 0. The van der Waals surface area contributed by atoms with E-state index < -0.39 is 0 Å². The van der Waals surface area contributed by atoms with Gasteiger partial charge in [-0.1, -0.05) is 0 Å². The van der Waals surface area contributed by atoms with Gasteiger partial charge in [0.25, 0.3) is 0 Å². The molecule has 6 heavy (non-hydrogen) atoms. The molecule has 0 rings (SSSR count). The minimum absolute atomic E-state index is 0. The van der Waals surface area contributed by atoms with Crippen molar-refractivity contribution in [2.45, 2.75) is 0 Å². The van der Waals surface area contributed by atoms with Gasteiger partial charge in [-0.05, 0) is 0 Å². The standard InChI is InChI=1S/C2N2.Pb.H2S.2H/c3-1-2-4;;;;/h;;1H2;;. The molecule has 0 amide bonds. The van der Waals surface area contributed by atoms with E-state index in [0.29, 0.717) is 0 Å². The van der Waals surface area contributed by atoms with Crippen molar-refractivity contribution < 1.29 is 0 Å². The van der Waals surface area contributed by atoms with E-state index in [4.69, 9.17) is 10.5 Å². The summed E-state index contributed by atoms with van der Waals surface area (Å²) in [6.45, 7) is 0. The first kappa shape index (κ1) is 16.3. The summed E-state index contributed by atoms with van der Waals surface area (Å²) in [5.41, 5.74) is 0. The molecule has 0 fully saturated rings. The molecule has 4 heteroatoms. The van der Waals surface area contributed by atoms with E-state index in [0.717, 1.165) is 0 Å². The van der Waals surface area contributed by atoms with Gasteiger partial charge in [-0.3, -0.25) is 0 Å². The molecule has 0 spiro atoms. The summed E-state index contributed by atoms with van der Waals surface area (Å²) in [5.74, 6) is 0. The van der Waals surface area contributed by atoms with E-state index in [2.05, 4.69) is 0 Å². The van der Waals surface area contributed by atoms with Gasteiger partial charge < -0.3 is 0 Å². The van der Waals surface area contributed by atoms with Crippen molar-refractivity contribution in [2.24, 2.45) is 0 Å². The number of rotatable bonds is 0. The quantitative estimate of drug-likeness (QED) is 0.551. The van der Waals surface area contributed by atoms with Crippen molar-refractivity contribution in [1.82, 2.24) is 0 Å². The van der Waals surface area contributed by atoms with Crippen LogP contribution in [0.25, 0.3) is 0 Å². The Labute approximate surface area is 63.4 Å². The Kier molecular flexibility index (Phi) is 50.9. The Hall–Kier alpha value is 0.252. The van der Waals surface area contributed by atoms with E-state index in [9.17, 15) is 0 Å². The van der Waals surface area contributed by atoms with Crippen LogP contribution in [0.1, 0.15) is 0 Å². The first-order valence-corrected chi connectivity index (χ1v) is 0.697. The fourth-order valence-corrected chi connectivity index (χ4v) is 0. The van der Waals surface area contributed by atoms with Gasteiger partial charge in [0.1, 0.15) is 0 Å². The average molecular weight is 295 g/mol. The summed E-state index contributed by atoms with van der Waals surface area (Å²) < 4.78 is 0. The van der Waals surface area contributed by atoms with E-state index in [1.165, 1.54) is 12.1 Å². The van der Waals surface area contributed by atoms with Crippen LogP contribution in [0.4, 0.5) is 0 Å². The van der Waals surface area contributed by atoms with Crippen molar-refractivity contribution >= 4 is 40.8 Å². The molecule has 0 heterocycles. The monoisotopic (exact) mass is 296 g/mol. The minimum atomic E-state index is 0. The third kappa shape index (κ3) is 28.7. The molecule has 0 N–H and O–H groups in total. The third-order valence-corrected chi connectivity index (χ3v) is 0.0500. The van der Waals surface area contributed by atoms with Gasteiger partial charge in [0.15, 0.2) is 12.1 Å². The van der Waals surface area contributed by atoms with Gasteiger partial charge in [0.2, 0.25) is 0 Å². The zero-order chi connectivity index (χ0) is 3.41. The zero-order valence-corrected chi connectivity index (χ0v) is 9.60. The Bertz CT molecular complexity index is 66.5. The Morgan fingerprint density at radius 1 is 1.00 bits per heavy atom. The predicted octanol–water partition coefficient (Wildman–Crippen LogP) is -0.770. The normalized spacial score (nSPS) is 1.67. The van der Waals surface area contributed by atoms with E-state index >= 15 is 0 Å². The second-order valence-electron chi connectivity index (χ2n) is 0.224. The van der Waals surface area contributed by atoms with Crippen LogP contribution in [0.15, 0.2) is 0 Å². The zero-order valence-electron chi connectivity index (χ0n) is 3.10. The molecular weight excluding hydrogens is 291 g/mol. The second-order valence-corrected chi connectivity index (χ2v) is 0.224. The Morgan fingerprint density at radius 3 is 1.17 bits per heavy atom. The van der Waals surface area contributed by atoms with Gasteiger partial charge in [-0.25, -0.2) is 0 Å². The van der Waals surface area contributed by atoms with Gasteiger partial charge >= 0.3 is 27.3 Å². The van der Waals surface area contributed by atoms with Crippen LogP contribution in [-0.2, 0) is 0 Å². The van der Waals surface area contributed by atoms with Crippen molar-refractivity contribution in [3.63, 3.8) is 0 Å². The molecule has 0 atom stereocenters. The summed E-state index contributed by atoms with van der Waals surface area (Å²) in [5, 5.41) is 14.5. The van der Waals surface area contributed by atoms with E-state index in [1.807, 2.05) is 0 Å². The molecule has 0 aliphatic rings. The summed E-state index contributed by atoms with van der Waals surface area (Å²) in [6, 6.07) is 2.47. The second kappa shape index (κ2) is 18.7. The molecule has 0 aromatic rings. The molecule has 0 saturated heterocycles. The predicted molar refractivity (Wildman–Crippen MR) is 30.2 cm³/mol. The maximum absolute atomic E-state index is 7.26. The molecule has 2 radical (unpaired) electrons. The molecule has 0 aliphatic heterocycles. The number of hydrogen-bond donors (Lipinski definition) is 0. The van der Waals surface area contributed by atoms with Crippen LogP contribution in [-0.4, -0.2) is 27.3 Å². The van der Waals surface area contributed by atoms with Gasteiger partial charge in [-0.2, -0.15) is 24.0 Å². The molecule has 0 bridgehead atoms. The first-order chi connectivity index (χ1) is 1.91. The molecule has 0 aromatic carbocycles. The Balaban J connectivity index is -0.0000000450. The van der Waals surface area contributed by atoms with Crippen molar-refractivity contribution in [1.29, 1.82) is 10.5 Å². The van der Waals surface area contributed by atoms with E-state index in [-0.39, 0.29) is 40.8 Å². The maximum atomic E-state index is 7.26. The molecule has 0 saturated carbocycles. The SMILES string of the molecule is N#CC#N.S.[PbH2]. The van der Waals surface area contributed by atoms with Crippen molar-refractivity contribution in [2.75, 3.05) is 0 Å². The topological polar surface area (TPSA) is 47.6 Å². The molecule has 0 aliphatic carbocycles. The number of nitrogens with zero attached hydrogens (tertiary/aromatic N) is 2. The van der Waals surface area contributed by atoms with Crippen LogP contribution in [0.3, 0.4) is 0 Å². The summed E-state index contributed by atoms with van der Waals surface area (Å²) in [6.07, 6.45) is 0. The van der Waals surface area contributed by atoms with Gasteiger partial charge in [0, 0.05) is 0 Å². The summed E-state index contributed by atoms with van der Waals surface area (Å²) in [4.78, 5) is 0. The number of hydrogen-bond acceptors (Lipinski definition) is 2. The van der Waals surface area contributed by atoms with Gasteiger partial charge in [-0.15, -0.1) is 0 Å². The average Bonchev–Trinajstić information content (AvgIpc) is 1.37. The van der Waals surface area contributed by atoms with Crippen LogP contribution in [0.2, 0.25) is 0 Å². The van der Waals surface area contributed by atoms with Crippen LogP contribution in [0, 0.1) is 22.7 Å². The summed E-state index contributed by atoms with van der Waals surface area (Å²) >= 11 is 0. The van der Waals surface area contributed by atoms with Gasteiger partial charge in [0.05, 0.1) is 0 Å². The molecule has 2 nitrogen and oxygen atoms in total. The van der Waals surface area contributed by atoms with Crippen molar-refractivity contribution in [3.8, 4) is 12.1 Å². The third-order valence-electron chi connectivity index (χ3n) is 0.0500. The molecule has 0 aromatic heterocycles. The molecule has 32 valence electrons. The first-order valence-electron chi connectivity index (χ1n) is 0.697. The molecular formula is C2H4N2PbS. The Morgan fingerprint density at radius 2 is 1.17 bits per heavy atom. The number of nitriles is 2. The van der Waals surface area contributed by atoms with Crippen molar-refractivity contribution in [3.05, 3.63) is 0 Å². The summed E-state index contributed by atoms with van der Waals surface area (Å²) in [7, 11) is 0. The van der Waals surface area contributed by atoms with Crippen LogP contribution >= 0.6 is 13.5 Å². The van der Waals surface area contributed by atoms with Crippen LogP contribution in [0.5, 0.6) is 0 Å². The molecule has 0 unspecified atom stereocenters. The van der Waals surface area contributed by atoms with Crippen LogP contribution < -0.4 is 0 Å².